The SMILES string of the molecule is CC(C)(C)C(=O)COC(=O)c1ccc(CNS(=O)(=O)c2ccc(F)c(Cl)c2)cc1. The van der Waals surface area contributed by atoms with E-state index in [1.165, 1.54) is 12.1 Å². The number of halogens is 2. The van der Waals surface area contributed by atoms with Crippen molar-refractivity contribution in [2.45, 2.75) is 32.2 Å². The van der Waals surface area contributed by atoms with E-state index >= 15 is 0 Å². The van der Waals surface area contributed by atoms with Gasteiger partial charge in [0.15, 0.2) is 12.4 Å². The standard InChI is InChI=1S/C20H21ClFNO5S/c1-20(2,3)18(24)12-28-19(25)14-6-4-13(5-7-14)11-23-29(26,27)15-8-9-17(22)16(21)10-15/h4-10,23H,11-12H2,1-3H3. The second-order valence-electron chi connectivity index (χ2n) is 7.35. The lowest BCUT2D eigenvalue weighted by Crippen LogP contribution is -2.26. The summed E-state index contributed by atoms with van der Waals surface area (Å²) in [6, 6.07) is 9.18. The topological polar surface area (TPSA) is 89.5 Å². The normalized spacial score (nSPS) is 11.9. The second kappa shape index (κ2) is 9.02. The molecule has 0 bridgehead atoms. The van der Waals surface area contributed by atoms with E-state index in [1.807, 2.05) is 0 Å². The summed E-state index contributed by atoms with van der Waals surface area (Å²) in [5, 5.41) is -0.291. The number of benzene rings is 2. The molecule has 0 aliphatic carbocycles. The van der Waals surface area contributed by atoms with Crippen LogP contribution in [-0.4, -0.2) is 26.8 Å². The number of nitrogens with one attached hydrogen (secondary N) is 1. The Balaban J connectivity index is 1.97. The Labute approximate surface area is 174 Å². The number of rotatable bonds is 7. The maximum absolute atomic E-state index is 13.2. The van der Waals surface area contributed by atoms with E-state index < -0.39 is 27.2 Å². The van der Waals surface area contributed by atoms with Gasteiger partial charge in [-0.1, -0.05) is 44.5 Å². The Hall–Kier alpha value is -2.29. The third-order valence-electron chi connectivity index (χ3n) is 4.03. The molecule has 0 fully saturated rings. The van der Waals surface area contributed by atoms with Crippen LogP contribution in [0.15, 0.2) is 47.4 Å². The molecule has 0 saturated heterocycles. The summed E-state index contributed by atoms with van der Waals surface area (Å²) in [5.74, 6) is -1.55. The van der Waals surface area contributed by atoms with Gasteiger partial charge in [0.1, 0.15) is 5.82 Å². The van der Waals surface area contributed by atoms with E-state index in [0.29, 0.717) is 5.56 Å². The summed E-state index contributed by atoms with van der Waals surface area (Å²) in [5.41, 5.74) is 0.225. The smallest absolute Gasteiger partial charge is 0.338 e. The van der Waals surface area contributed by atoms with Crippen LogP contribution in [0, 0.1) is 11.2 Å². The number of ketones is 1. The van der Waals surface area contributed by atoms with Crippen LogP contribution >= 0.6 is 11.6 Å². The lowest BCUT2D eigenvalue weighted by molar-refractivity contribution is -0.129. The van der Waals surface area contributed by atoms with Crippen LogP contribution in [0.2, 0.25) is 5.02 Å². The Morgan fingerprint density at radius 3 is 2.28 bits per heavy atom. The third-order valence-corrected chi connectivity index (χ3v) is 5.72. The number of esters is 1. The van der Waals surface area contributed by atoms with Crippen molar-refractivity contribution in [2.75, 3.05) is 6.61 Å². The zero-order valence-electron chi connectivity index (χ0n) is 16.2. The van der Waals surface area contributed by atoms with Crippen LogP contribution in [0.4, 0.5) is 4.39 Å². The molecule has 2 aromatic carbocycles. The minimum absolute atomic E-state index is 0.0465. The number of hydrogen-bond donors (Lipinski definition) is 1. The lowest BCUT2D eigenvalue weighted by atomic mass is 9.91. The molecule has 0 aliphatic heterocycles. The molecule has 29 heavy (non-hydrogen) atoms. The van der Waals surface area contributed by atoms with Crippen LogP contribution in [0.1, 0.15) is 36.7 Å². The summed E-state index contributed by atoms with van der Waals surface area (Å²) in [6.07, 6.45) is 0. The van der Waals surface area contributed by atoms with Gasteiger partial charge in [-0.25, -0.2) is 22.3 Å². The first-order valence-electron chi connectivity index (χ1n) is 8.64. The van der Waals surface area contributed by atoms with Gasteiger partial charge >= 0.3 is 5.97 Å². The molecule has 0 heterocycles. The van der Waals surface area contributed by atoms with Crippen molar-refractivity contribution in [3.8, 4) is 0 Å². The third kappa shape index (κ3) is 6.35. The molecular weight excluding hydrogens is 421 g/mol. The van der Waals surface area contributed by atoms with Gasteiger partial charge in [0.05, 0.1) is 15.5 Å². The summed E-state index contributed by atoms with van der Waals surface area (Å²) in [7, 11) is -3.89. The number of carbonyl (C=O) groups is 2. The average Bonchev–Trinajstić information content (AvgIpc) is 2.66. The molecule has 0 atom stereocenters. The van der Waals surface area contributed by atoms with Gasteiger partial charge < -0.3 is 4.74 Å². The van der Waals surface area contributed by atoms with Gasteiger partial charge in [-0.2, -0.15) is 0 Å². The minimum Gasteiger partial charge on any atom is -0.454 e. The van der Waals surface area contributed by atoms with Gasteiger partial charge in [-0.15, -0.1) is 0 Å². The van der Waals surface area contributed by atoms with Crippen molar-refractivity contribution in [1.82, 2.24) is 4.72 Å². The molecule has 0 aliphatic rings. The highest BCUT2D eigenvalue weighted by atomic mass is 35.5. The Kier molecular flexibility index (Phi) is 7.15. The highest BCUT2D eigenvalue weighted by Gasteiger charge is 2.23. The Morgan fingerprint density at radius 1 is 1.10 bits per heavy atom. The van der Waals surface area contributed by atoms with Crippen LogP contribution < -0.4 is 4.72 Å². The molecule has 1 N–H and O–H groups in total. The van der Waals surface area contributed by atoms with E-state index in [4.69, 9.17) is 16.3 Å². The molecule has 0 amide bonds. The van der Waals surface area contributed by atoms with Crippen LogP contribution in [0.25, 0.3) is 0 Å². The highest BCUT2D eigenvalue weighted by Crippen LogP contribution is 2.19. The van der Waals surface area contributed by atoms with E-state index in [-0.39, 0.29) is 34.4 Å². The van der Waals surface area contributed by atoms with Crippen molar-refractivity contribution < 1.29 is 27.1 Å². The van der Waals surface area contributed by atoms with Crippen molar-refractivity contribution >= 4 is 33.4 Å². The molecule has 6 nitrogen and oxygen atoms in total. The summed E-state index contributed by atoms with van der Waals surface area (Å²) in [6.45, 7) is 4.84. The maximum atomic E-state index is 13.2. The largest absolute Gasteiger partial charge is 0.454 e. The lowest BCUT2D eigenvalue weighted by Gasteiger charge is -2.16. The molecule has 9 heteroatoms. The number of ether oxygens (including phenoxy) is 1. The van der Waals surface area contributed by atoms with Gasteiger partial charge in [-0.05, 0) is 35.9 Å². The Morgan fingerprint density at radius 2 is 1.72 bits per heavy atom. The first kappa shape index (κ1) is 23.0. The highest BCUT2D eigenvalue weighted by molar-refractivity contribution is 7.89. The second-order valence-corrected chi connectivity index (χ2v) is 9.52. The molecule has 2 aromatic rings. The molecule has 0 saturated carbocycles. The van der Waals surface area contributed by atoms with Crippen molar-refractivity contribution in [1.29, 1.82) is 0 Å². The number of Topliss-reactive ketones (excluding diaryl/α,β-unsaturated/α-hetero) is 1. The van der Waals surface area contributed by atoms with E-state index in [0.717, 1.165) is 18.2 Å². The van der Waals surface area contributed by atoms with Crippen molar-refractivity contribution in [3.05, 3.63) is 64.4 Å². The number of carbonyl (C=O) groups excluding carboxylic acids is 2. The number of sulfonamides is 1. The van der Waals surface area contributed by atoms with Gasteiger partial charge in [0, 0.05) is 12.0 Å². The quantitative estimate of drug-likeness (QED) is 0.661. The monoisotopic (exact) mass is 441 g/mol. The molecule has 2 rings (SSSR count). The van der Waals surface area contributed by atoms with E-state index in [1.54, 1.807) is 32.9 Å². The first-order chi connectivity index (χ1) is 13.4. The molecular formula is C20H21ClFNO5S. The van der Waals surface area contributed by atoms with Crippen LogP contribution in [0.5, 0.6) is 0 Å². The van der Waals surface area contributed by atoms with Gasteiger partial charge in [-0.3, -0.25) is 4.79 Å². The minimum atomic E-state index is -3.89. The first-order valence-corrected chi connectivity index (χ1v) is 10.5. The molecule has 0 spiro atoms. The summed E-state index contributed by atoms with van der Waals surface area (Å²) >= 11 is 5.62. The summed E-state index contributed by atoms with van der Waals surface area (Å²) in [4.78, 5) is 23.7. The molecule has 0 aromatic heterocycles. The Bertz CT molecular complexity index is 1010. The van der Waals surface area contributed by atoms with Gasteiger partial charge in [0.2, 0.25) is 10.0 Å². The zero-order chi connectivity index (χ0) is 21.8. The van der Waals surface area contributed by atoms with Crippen LogP contribution in [-0.2, 0) is 26.1 Å². The molecule has 156 valence electrons. The predicted molar refractivity (Wildman–Crippen MR) is 107 cm³/mol. The zero-order valence-corrected chi connectivity index (χ0v) is 17.7. The average molecular weight is 442 g/mol. The van der Waals surface area contributed by atoms with Gasteiger partial charge in [0.25, 0.3) is 0 Å². The molecule has 0 unspecified atom stereocenters. The van der Waals surface area contributed by atoms with E-state index in [2.05, 4.69) is 4.72 Å². The van der Waals surface area contributed by atoms with Crippen molar-refractivity contribution in [3.63, 3.8) is 0 Å². The summed E-state index contributed by atoms with van der Waals surface area (Å²) < 4.78 is 45.1. The molecule has 0 radical (unpaired) electrons. The predicted octanol–water partition coefficient (Wildman–Crippen LogP) is 3.73. The van der Waals surface area contributed by atoms with Crippen LogP contribution in [0.3, 0.4) is 0 Å². The fourth-order valence-corrected chi connectivity index (χ4v) is 3.38. The van der Waals surface area contributed by atoms with Crippen molar-refractivity contribution in [2.24, 2.45) is 5.41 Å². The van der Waals surface area contributed by atoms with E-state index in [9.17, 15) is 22.4 Å². The fourth-order valence-electron chi connectivity index (χ4n) is 2.10. The number of hydrogen-bond acceptors (Lipinski definition) is 5. The maximum Gasteiger partial charge on any atom is 0.338 e. The fraction of sp³-hybridized carbons (Fsp3) is 0.300.